The minimum Gasteiger partial charge on any atom is -0.339 e. The maximum atomic E-state index is 4.87. The number of imidazole rings is 1. The lowest BCUT2D eigenvalue weighted by Crippen LogP contribution is -1.97. The molecule has 5 rings (SSSR count). The Balaban J connectivity index is 1.77. The smallest absolute Gasteiger partial charge is 0.138 e. The van der Waals surface area contributed by atoms with Crippen molar-refractivity contribution in [2.45, 2.75) is 26.3 Å². The van der Waals surface area contributed by atoms with Crippen molar-refractivity contribution in [3.8, 4) is 11.3 Å². The van der Waals surface area contributed by atoms with Gasteiger partial charge in [-0.25, -0.2) is 4.98 Å². The van der Waals surface area contributed by atoms with Crippen LogP contribution in [-0.4, -0.2) is 14.0 Å². The highest BCUT2D eigenvalue weighted by Gasteiger charge is 2.13. The number of para-hydroxylation sites is 1. The molecule has 3 nitrogen and oxygen atoms in total. The number of pyridine rings is 1. The summed E-state index contributed by atoms with van der Waals surface area (Å²) in [5, 5.41) is 2.60. The maximum absolute atomic E-state index is 4.87. The van der Waals surface area contributed by atoms with E-state index in [1.165, 1.54) is 34.6 Å². The van der Waals surface area contributed by atoms with E-state index in [1.54, 1.807) is 0 Å². The van der Waals surface area contributed by atoms with Gasteiger partial charge in [0, 0.05) is 40.8 Å². The van der Waals surface area contributed by atoms with E-state index in [0.717, 1.165) is 23.4 Å². The van der Waals surface area contributed by atoms with Gasteiger partial charge in [0.15, 0.2) is 0 Å². The van der Waals surface area contributed by atoms with Crippen molar-refractivity contribution in [2.24, 2.45) is 0 Å². The van der Waals surface area contributed by atoms with Crippen molar-refractivity contribution in [3.63, 3.8) is 0 Å². The number of hydrogen-bond donors (Lipinski definition) is 0. The van der Waals surface area contributed by atoms with Crippen molar-refractivity contribution < 1.29 is 0 Å². The Morgan fingerprint density at radius 2 is 1.65 bits per heavy atom. The van der Waals surface area contributed by atoms with Gasteiger partial charge in [0.25, 0.3) is 0 Å². The van der Waals surface area contributed by atoms with Gasteiger partial charge in [-0.15, -0.1) is 0 Å². The Labute approximate surface area is 152 Å². The van der Waals surface area contributed by atoms with Gasteiger partial charge >= 0.3 is 0 Å². The highest BCUT2D eigenvalue weighted by Crippen LogP contribution is 2.31. The van der Waals surface area contributed by atoms with Gasteiger partial charge in [-0.05, 0) is 18.6 Å². The second-order valence-corrected chi connectivity index (χ2v) is 6.85. The van der Waals surface area contributed by atoms with Gasteiger partial charge in [-0.1, -0.05) is 61.9 Å². The van der Waals surface area contributed by atoms with Crippen LogP contribution in [0.2, 0.25) is 0 Å². The minimum atomic E-state index is 0.995. The number of fused-ring (bicyclic) bond motifs is 4. The lowest BCUT2D eigenvalue weighted by molar-refractivity contribution is 0.664. The molecule has 0 saturated carbocycles. The molecule has 0 radical (unpaired) electrons. The zero-order valence-corrected chi connectivity index (χ0v) is 14.9. The van der Waals surface area contributed by atoms with Crippen LogP contribution in [-0.2, 0) is 6.54 Å². The van der Waals surface area contributed by atoms with E-state index >= 15 is 0 Å². The van der Waals surface area contributed by atoms with Gasteiger partial charge in [0.05, 0.1) is 11.2 Å². The van der Waals surface area contributed by atoms with E-state index in [2.05, 4.69) is 82.9 Å². The molecule has 128 valence electrons. The summed E-state index contributed by atoms with van der Waals surface area (Å²) >= 11 is 0. The van der Waals surface area contributed by atoms with Crippen molar-refractivity contribution >= 4 is 27.5 Å². The molecule has 0 saturated heterocycles. The maximum Gasteiger partial charge on any atom is 0.138 e. The van der Waals surface area contributed by atoms with Crippen molar-refractivity contribution in [1.29, 1.82) is 0 Å². The molecule has 0 amide bonds. The van der Waals surface area contributed by atoms with Gasteiger partial charge in [-0.3, -0.25) is 0 Å². The lowest BCUT2D eigenvalue weighted by Gasteiger charge is -2.06. The number of rotatable bonds is 4. The van der Waals surface area contributed by atoms with Crippen LogP contribution in [0.5, 0.6) is 0 Å². The van der Waals surface area contributed by atoms with Crippen LogP contribution in [0, 0.1) is 0 Å². The molecule has 0 spiro atoms. The molecule has 3 aromatic heterocycles. The normalized spacial score (nSPS) is 11.7. The molecule has 0 N–H and O–H groups in total. The molecule has 0 aliphatic carbocycles. The van der Waals surface area contributed by atoms with Crippen LogP contribution in [0.15, 0.2) is 73.1 Å². The Kier molecular flexibility index (Phi) is 3.52. The topological polar surface area (TPSA) is 22.2 Å². The van der Waals surface area contributed by atoms with E-state index in [9.17, 15) is 0 Å². The predicted molar refractivity (Wildman–Crippen MR) is 109 cm³/mol. The third-order valence-electron chi connectivity index (χ3n) is 5.15. The van der Waals surface area contributed by atoms with E-state index < -0.39 is 0 Å². The van der Waals surface area contributed by atoms with E-state index in [-0.39, 0.29) is 0 Å². The SMILES string of the molecule is CCCCn1c2ccccc2c2cc3nc(-c4ccccc4)cn3cc21. The third kappa shape index (κ3) is 2.31. The quantitative estimate of drug-likeness (QED) is 0.399. The lowest BCUT2D eigenvalue weighted by atomic mass is 10.2. The number of nitrogens with zero attached hydrogens (tertiary/aromatic N) is 3. The number of benzene rings is 2. The van der Waals surface area contributed by atoms with E-state index in [4.69, 9.17) is 4.98 Å². The molecule has 0 unspecified atom stereocenters. The first-order valence-electron chi connectivity index (χ1n) is 9.30. The second kappa shape index (κ2) is 6.03. The summed E-state index contributed by atoms with van der Waals surface area (Å²) < 4.78 is 4.61. The number of unbranched alkanes of at least 4 members (excludes halogenated alkanes) is 1. The van der Waals surface area contributed by atoms with E-state index in [0.29, 0.717) is 0 Å². The summed E-state index contributed by atoms with van der Waals surface area (Å²) in [6, 6.07) is 21.3. The van der Waals surface area contributed by atoms with Crippen LogP contribution in [0.25, 0.3) is 38.7 Å². The highest BCUT2D eigenvalue weighted by atomic mass is 15.0. The average molecular weight is 339 g/mol. The average Bonchev–Trinajstić information content (AvgIpc) is 3.24. The molecule has 0 atom stereocenters. The molecule has 2 aromatic carbocycles. The van der Waals surface area contributed by atoms with Crippen molar-refractivity contribution in [2.75, 3.05) is 0 Å². The summed E-state index contributed by atoms with van der Waals surface area (Å²) in [6.07, 6.45) is 6.75. The Morgan fingerprint density at radius 1 is 0.846 bits per heavy atom. The molecular formula is C23H21N3. The predicted octanol–water partition coefficient (Wildman–Crippen LogP) is 5.91. The molecule has 0 aliphatic heterocycles. The molecule has 26 heavy (non-hydrogen) atoms. The first-order valence-corrected chi connectivity index (χ1v) is 9.30. The molecule has 5 aromatic rings. The Bertz CT molecular complexity index is 1210. The van der Waals surface area contributed by atoms with Gasteiger partial charge in [0.2, 0.25) is 0 Å². The fourth-order valence-corrected chi connectivity index (χ4v) is 3.82. The zero-order chi connectivity index (χ0) is 17.5. The Morgan fingerprint density at radius 3 is 2.50 bits per heavy atom. The van der Waals surface area contributed by atoms with Crippen LogP contribution < -0.4 is 0 Å². The van der Waals surface area contributed by atoms with Gasteiger partial charge in [0.1, 0.15) is 5.65 Å². The molecule has 3 heteroatoms. The zero-order valence-electron chi connectivity index (χ0n) is 14.9. The minimum absolute atomic E-state index is 0.995. The summed E-state index contributed by atoms with van der Waals surface area (Å²) in [5.74, 6) is 0. The fourth-order valence-electron chi connectivity index (χ4n) is 3.82. The van der Waals surface area contributed by atoms with Crippen LogP contribution in [0.1, 0.15) is 19.8 Å². The standard InChI is InChI=1S/C23H21N3/c1-2-3-13-26-21-12-8-7-11-18(21)19-14-23-24-20(15-25(23)16-22(19)26)17-9-5-4-6-10-17/h4-12,14-16H,2-3,13H2,1H3. The third-order valence-corrected chi connectivity index (χ3v) is 5.15. The molecule has 0 aliphatic rings. The number of aryl methyl sites for hydroxylation is 1. The van der Waals surface area contributed by atoms with Gasteiger partial charge in [-0.2, -0.15) is 0 Å². The largest absolute Gasteiger partial charge is 0.339 e. The molecule has 0 bridgehead atoms. The first-order chi connectivity index (χ1) is 12.8. The summed E-state index contributed by atoms with van der Waals surface area (Å²) in [7, 11) is 0. The van der Waals surface area contributed by atoms with Crippen molar-refractivity contribution in [1.82, 2.24) is 14.0 Å². The summed E-state index contributed by atoms with van der Waals surface area (Å²) in [5.41, 5.74) is 5.76. The summed E-state index contributed by atoms with van der Waals surface area (Å²) in [4.78, 5) is 4.87. The summed E-state index contributed by atoms with van der Waals surface area (Å²) in [6.45, 7) is 3.29. The molecule has 3 heterocycles. The Hall–Kier alpha value is -3.07. The van der Waals surface area contributed by atoms with Gasteiger partial charge < -0.3 is 8.97 Å². The van der Waals surface area contributed by atoms with Crippen LogP contribution in [0.4, 0.5) is 0 Å². The fraction of sp³-hybridized carbons (Fsp3) is 0.174. The molecular weight excluding hydrogens is 318 g/mol. The number of aromatic nitrogens is 3. The second-order valence-electron chi connectivity index (χ2n) is 6.85. The monoisotopic (exact) mass is 339 g/mol. The highest BCUT2D eigenvalue weighted by molar-refractivity contribution is 6.08. The van der Waals surface area contributed by atoms with Crippen molar-refractivity contribution in [3.05, 3.63) is 73.1 Å². The van der Waals surface area contributed by atoms with E-state index in [1.807, 2.05) is 6.07 Å². The first kappa shape index (κ1) is 15.2. The number of hydrogen-bond acceptors (Lipinski definition) is 1. The van der Waals surface area contributed by atoms with Crippen LogP contribution >= 0.6 is 0 Å². The van der Waals surface area contributed by atoms with Crippen LogP contribution in [0.3, 0.4) is 0 Å². The molecule has 0 fully saturated rings.